The molecule has 0 radical (unpaired) electrons. The van der Waals surface area contributed by atoms with Gasteiger partial charge in [0.15, 0.2) is 0 Å². The van der Waals surface area contributed by atoms with Crippen LogP contribution in [0.1, 0.15) is 29.0 Å². The van der Waals surface area contributed by atoms with E-state index in [1.165, 1.54) is 6.20 Å². The van der Waals surface area contributed by atoms with Crippen molar-refractivity contribution in [3.63, 3.8) is 0 Å². The first kappa shape index (κ1) is 17.9. The smallest absolute Gasteiger partial charge is 0.274 e. The minimum Gasteiger partial charge on any atom is -0.368 e. The van der Waals surface area contributed by atoms with Crippen LogP contribution < -0.4 is 10.0 Å². The minimum absolute atomic E-state index is 0.0984. The van der Waals surface area contributed by atoms with Crippen molar-refractivity contribution < 1.29 is 13.2 Å². The number of para-hydroxylation sites is 1. The third-order valence-corrected chi connectivity index (χ3v) is 6.57. The Balaban J connectivity index is 1.43. The van der Waals surface area contributed by atoms with E-state index in [-0.39, 0.29) is 22.9 Å². The molecular weight excluding hydrogens is 366 g/mol. The highest BCUT2D eigenvalue weighted by atomic mass is 32.2. The number of hydrogen-bond acceptors (Lipinski definition) is 6. The molecule has 1 aromatic carbocycles. The summed E-state index contributed by atoms with van der Waals surface area (Å²) in [4.78, 5) is 22.9. The molecule has 142 valence electrons. The number of carbonyl (C=O) groups excluding carboxylic acids is 1. The van der Waals surface area contributed by atoms with Crippen molar-refractivity contribution in [1.29, 1.82) is 0 Å². The molecule has 9 heteroatoms. The minimum atomic E-state index is -3.53. The molecule has 0 bridgehead atoms. The Hall–Kier alpha value is -2.52. The van der Waals surface area contributed by atoms with Gasteiger partial charge in [-0.15, -0.1) is 0 Å². The average molecular weight is 387 g/mol. The molecule has 1 unspecified atom stereocenters. The van der Waals surface area contributed by atoms with Crippen molar-refractivity contribution in [2.24, 2.45) is 5.92 Å². The Labute approximate surface area is 158 Å². The van der Waals surface area contributed by atoms with Crippen molar-refractivity contribution in [3.05, 3.63) is 48.0 Å². The summed E-state index contributed by atoms with van der Waals surface area (Å²) >= 11 is 0. The zero-order chi connectivity index (χ0) is 19.0. The van der Waals surface area contributed by atoms with Gasteiger partial charge in [-0.3, -0.25) is 9.78 Å². The van der Waals surface area contributed by atoms with Gasteiger partial charge in [-0.1, -0.05) is 12.1 Å². The van der Waals surface area contributed by atoms with Crippen LogP contribution in [0.15, 0.2) is 41.6 Å². The highest BCUT2D eigenvalue weighted by Crippen LogP contribution is 2.30. The van der Waals surface area contributed by atoms with Crippen LogP contribution in [0, 0.1) is 12.8 Å². The van der Waals surface area contributed by atoms with Gasteiger partial charge in [-0.25, -0.2) is 13.4 Å². The normalized spacial score (nSPS) is 22.0. The molecule has 2 aliphatic rings. The molecule has 1 fully saturated rings. The monoisotopic (exact) mass is 387 g/mol. The standard InChI is InChI=1S/C18H21N5O3S/c1-12-10-20-15(11-19-12)18(24)23-8-6-13(7-9-23)17-21-14-4-2-3-5-16(14)27(25,26)22-17/h2-5,10-11,13,17,21-22H,6-9H2,1H3. The lowest BCUT2D eigenvalue weighted by Crippen LogP contribution is -2.52. The third kappa shape index (κ3) is 3.52. The summed E-state index contributed by atoms with van der Waals surface area (Å²) < 4.78 is 27.7. The summed E-state index contributed by atoms with van der Waals surface area (Å²) in [6, 6.07) is 6.88. The van der Waals surface area contributed by atoms with E-state index < -0.39 is 10.0 Å². The maximum absolute atomic E-state index is 12.6. The number of aryl methyl sites for hydroxylation is 1. The van der Waals surface area contributed by atoms with Crippen molar-refractivity contribution in [1.82, 2.24) is 19.6 Å². The fourth-order valence-electron chi connectivity index (χ4n) is 3.56. The zero-order valence-electron chi connectivity index (χ0n) is 14.9. The Morgan fingerprint density at radius 2 is 1.89 bits per heavy atom. The second kappa shape index (κ2) is 6.90. The van der Waals surface area contributed by atoms with Crippen LogP contribution >= 0.6 is 0 Å². The molecule has 3 heterocycles. The molecule has 1 saturated heterocycles. The molecule has 0 saturated carbocycles. The predicted octanol–water partition coefficient (Wildman–Crippen LogP) is 1.37. The van der Waals surface area contributed by atoms with Crippen molar-refractivity contribution in [3.8, 4) is 0 Å². The lowest BCUT2D eigenvalue weighted by atomic mass is 9.93. The summed E-state index contributed by atoms with van der Waals surface area (Å²) in [6.45, 7) is 2.93. The van der Waals surface area contributed by atoms with Gasteiger partial charge in [0.25, 0.3) is 5.91 Å². The van der Waals surface area contributed by atoms with Gasteiger partial charge in [0.1, 0.15) is 10.6 Å². The van der Waals surface area contributed by atoms with Crippen molar-refractivity contribution in [2.45, 2.75) is 30.8 Å². The molecule has 1 aromatic heterocycles. The Morgan fingerprint density at radius 3 is 2.59 bits per heavy atom. The lowest BCUT2D eigenvalue weighted by Gasteiger charge is -2.38. The summed E-state index contributed by atoms with van der Waals surface area (Å²) in [6.07, 6.45) is 4.11. The van der Waals surface area contributed by atoms with Gasteiger partial charge in [-0.2, -0.15) is 4.72 Å². The summed E-state index contributed by atoms with van der Waals surface area (Å²) in [7, 11) is -3.53. The molecule has 4 rings (SSSR count). The SMILES string of the molecule is Cc1cnc(C(=O)N2CCC(C3Nc4ccccc4S(=O)(=O)N3)CC2)cn1. The number of nitrogens with zero attached hydrogens (tertiary/aromatic N) is 3. The molecule has 1 amide bonds. The molecule has 0 spiro atoms. The molecule has 2 aliphatic heterocycles. The Morgan fingerprint density at radius 1 is 1.15 bits per heavy atom. The number of benzene rings is 1. The second-order valence-electron chi connectivity index (χ2n) is 6.91. The number of hydrogen-bond donors (Lipinski definition) is 2. The van der Waals surface area contributed by atoms with Gasteiger partial charge < -0.3 is 10.2 Å². The van der Waals surface area contributed by atoms with Crippen molar-refractivity contribution in [2.75, 3.05) is 18.4 Å². The number of carbonyl (C=O) groups is 1. The van der Waals surface area contributed by atoms with Gasteiger partial charge in [0.2, 0.25) is 10.0 Å². The molecule has 27 heavy (non-hydrogen) atoms. The van der Waals surface area contributed by atoms with Crippen LogP contribution in [0.4, 0.5) is 5.69 Å². The Bertz CT molecular complexity index is 953. The van der Waals surface area contributed by atoms with E-state index >= 15 is 0 Å². The molecule has 2 N–H and O–H groups in total. The maximum Gasteiger partial charge on any atom is 0.274 e. The maximum atomic E-state index is 12.6. The van der Waals surface area contributed by atoms with Gasteiger partial charge in [-0.05, 0) is 37.8 Å². The van der Waals surface area contributed by atoms with Gasteiger partial charge in [0.05, 0.1) is 23.7 Å². The van der Waals surface area contributed by atoms with E-state index in [2.05, 4.69) is 20.0 Å². The number of fused-ring (bicyclic) bond motifs is 1. The first-order valence-electron chi connectivity index (χ1n) is 8.90. The van der Waals surface area contributed by atoms with Gasteiger partial charge in [0, 0.05) is 19.3 Å². The van der Waals surface area contributed by atoms with Crippen LogP contribution in [-0.2, 0) is 10.0 Å². The third-order valence-electron chi connectivity index (χ3n) is 5.07. The lowest BCUT2D eigenvalue weighted by molar-refractivity contribution is 0.0673. The van der Waals surface area contributed by atoms with E-state index in [1.807, 2.05) is 13.0 Å². The largest absolute Gasteiger partial charge is 0.368 e. The fraction of sp³-hybridized carbons (Fsp3) is 0.389. The number of sulfonamides is 1. The summed E-state index contributed by atoms with van der Waals surface area (Å²) in [5.74, 6) is -0.0373. The summed E-state index contributed by atoms with van der Waals surface area (Å²) in [5, 5.41) is 3.29. The number of amides is 1. The van der Waals surface area contributed by atoms with E-state index in [0.29, 0.717) is 37.3 Å². The zero-order valence-corrected chi connectivity index (χ0v) is 15.7. The predicted molar refractivity (Wildman–Crippen MR) is 99.6 cm³/mol. The molecule has 1 atom stereocenters. The fourth-order valence-corrected chi connectivity index (χ4v) is 4.95. The van der Waals surface area contributed by atoms with E-state index in [1.54, 1.807) is 29.3 Å². The number of anilines is 1. The average Bonchev–Trinajstić information content (AvgIpc) is 2.68. The molecule has 0 aliphatic carbocycles. The van der Waals surface area contributed by atoms with Crippen LogP contribution in [0.3, 0.4) is 0 Å². The molecule has 8 nitrogen and oxygen atoms in total. The van der Waals surface area contributed by atoms with Crippen molar-refractivity contribution >= 4 is 21.6 Å². The second-order valence-corrected chi connectivity index (χ2v) is 8.59. The van der Waals surface area contributed by atoms with E-state index in [9.17, 15) is 13.2 Å². The molecular formula is C18H21N5O3S. The molecule has 2 aromatic rings. The van der Waals surface area contributed by atoms with Crippen LogP contribution in [0.5, 0.6) is 0 Å². The number of rotatable bonds is 2. The number of aromatic nitrogens is 2. The quantitative estimate of drug-likeness (QED) is 0.806. The highest BCUT2D eigenvalue weighted by molar-refractivity contribution is 7.89. The van der Waals surface area contributed by atoms with Crippen LogP contribution in [0.2, 0.25) is 0 Å². The van der Waals surface area contributed by atoms with Crippen LogP contribution in [0.25, 0.3) is 0 Å². The summed E-state index contributed by atoms with van der Waals surface area (Å²) in [5.41, 5.74) is 1.72. The topological polar surface area (TPSA) is 104 Å². The number of likely N-dealkylation sites (tertiary alicyclic amines) is 1. The first-order valence-corrected chi connectivity index (χ1v) is 10.4. The van der Waals surface area contributed by atoms with E-state index in [0.717, 1.165) is 5.69 Å². The number of nitrogens with one attached hydrogen (secondary N) is 2. The number of piperidine rings is 1. The Kier molecular flexibility index (Phi) is 4.56. The van der Waals surface area contributed by atoms with Crippen LogP contribution in [-0.4, -0.2) is 48.4 Å². The van der Waals surface area contributed by atoms with Gasteiger partial charge >= 0.3 is 0 Å². The van der Waals surface area contributed by atoms with E-state index in [4.69, 9.17) is 0 Å². The first-order chi connectivity index (χ1) is 12.9. The highest BCUT2D eigenvalue weighted by Gasteiger charge is 2.36.